The summed E-state index contributed by atoms with van der Waals surface area (Å²) in [4.78, 5) is 18.5. The fourth-order valence-corrected chi connectivity index (χ4v) is 0.612. The highest BCUT2D eigenvalue weighted by Crippen LogP contribution is 1.85. The van der Waals surface area contributed by atoms with E-state index in [9.17, 15) is 4.79 Å². The first kappa shape index (κ1) is 7.72. The number of hydrogen-bond donors (Lipinski definition) is 1. The standard InChI is InChI=1S/C6H7BN3O/c1-7-10-6(11)5-8-3-2-4-9-5/h2-4H,1H3,(H,10,11). The second-order valence-electron chi connectivity index (χ2n) is 1.83. The number of rotatable bonds is 2. The van der Waals surface area contributed by atoms with Crippen LogP contribution in [0.15, 0.2) is 18.5 Å². The summed E-state index contributed by atoms with van der Waals surface area (Å²) in [5.41, 5.74) is 0. The first-order valence-electron chi connectivity index (χ1n) is 3.20. The lowest BCUT2D eigenvalue weighted by atomic mass is 10.0. The van der Waals surface area contributed by atoms with Crippen LogP contribution >= 0.6 is 0 Å². The van der Waals surface area contributed by atoms with Crippen molar-refractivity contribution in [2.24, 2.45) is 0 Å². The van der Waals surface area contributed by atoms with Crippen molar-refractivity contribution in [1.29, 1.82) is 0 Å². The van der Waals surface area contributed by atoms with Gasteiger partial charge in [0.15, 0.2) is 0 Å². The lowest BCUT2D eigenvalue weighted by Gasteiger charge is -1.96. The van der Waals surface area contributed by atoms with E-state index in [-0.39, 0.29) is 11.7 Å². The minimum Gasteiger partial charge on any atom is -0.397 e. The van der Waals surface area contributed by atoms with Crippen molar-refractivity contribution in [3.8, 4) is 0 Å². The Morgan fingerprint density at radius 2 is 2.18 bits per heavy atom. The molecule has 0 fully saturated rings. The van der Waals surface area contributed by atoms with Crippen LogP contribution in [0.5, 0.6) is 0 Å². The van der Waals surface area contributed by atoms with Crippen molar-refractivity contribution < 1.29 is 4.79 Å². The van der Waals surface area contributed by atoms with Gasteiger partial charge in [0.05, 0.1) is 0 Å². The summed E-state index contributed by atoms with van der Waals surface area (Å²) in [5.74, 6) is -0.0984. The van der Waals surface area contributed by atoms with Crippen LogP contribution in [0.2, 0.25) is 6.82 Å². The Morgan fingerprint density at radius 3 is 2.73 bits per heavy atom. The van der Waals surface area contributed by atoms with E-state index in [1.54, 1.807) is 20.3 Å². The highest BCUT2D eigenvalue weighted by Gasteiger charge is 2.04. The molecular formula is C6H7BN3O. The van der Waals surface area contributed by atoms with Crippen LogP contribution in [0.3, 0.4) is 0 Å². The molecule has 0 bridgehead atoms. The van der Waals surface area contributed by atoms with Gasteiger partial charge >= 0.3 is 0 Å². The lowest BCUT2D eigenvalue weighted by Crippen LogP contribution is -2.26. The zero-order valence-electron chi connectivity index (χ0n) is 6.11. The summed E-state index contributed by atoms with van der Waals surface area (Å²) in [5, 5.41) is 2.47. The monoisotopic (exact) mass is 148 g/mol. The third-order valence-electron chi connectivity index (χ3n) is 1.04. The van der Waals surface area contributed by atoms with Crippen LogP contribution in [0.25, 0.3) is 0 Å². The Hall–Kier alpha value is -1.39. The Labute approximate surface area is 65.3 Å². The van der Waals surface area contributed by atoms with Crippen LogP contribution in [0.4, 0.5) is 0 Å². The van der Waals surface area contributed by atoms with Gasteiger partial charge in [0.2, 0.25) is 13.2 Å². The molecule has 1 aromatic heterocycles. The first-order chi connectivity index (χ1) is 5.34. The Morgan fingerprint density at radius 1 is 1.55 bits per heavy atom. The quantitative estimate of drug-likeness (QED) is 0.594. The van der Waals surface area contributed by atoms with Gasteiger partial charge in [0.25, 0.3) is 5.91 Å². The number of carbonyl (C=O) groups excluding carboxylic acids is 1. The fourth-order valence-electron chi connectivity index (χ4n) is 0.612. The van der Waals surface area contributed by atoms with Crippen LogP contribution in [0.1, 0.15) is 10.6 Å². The minimum absolute atomic E-state index is 0.186. The molecule has 0 spiro atoms. The molecule has 5 heteroatoms. The third-order valence-corrected chi connectivity index (χ3v) is 1.04. The van der Waals surface area contributed by atoms with Crippen molar-refractivity contribution in [2.75, 3.05) is 0 Å². The van der Waals surface area contributed by atoms with E-state index < -0.39 is 0 Å². The summed E-state index contributed by atoms with van der Waals surface area (Å²) in [6.07, 6.45) is 3.05. The molecular weight excluding hydrogens is 141 g/mol. The number of nitrogens with one attached hydrogen (secondary N) is 1. The minimum atomic E-state index is -0.284. The van der Waals surface area contributed by atoms with E-state index in [1.807, 2.05) is 0 Å². The van der Waals surface area contributed by atoms with Crippen LogP contribution in [0, 0.1) is 0 Å². The number of hydrogen-bond acceptors (Lipinski definition) is 3. The van der Waals surface area contributed by atoms with Gasteiger partial charge in [-0.25, -0.2) is 9.97 Å². The number of carbonyl (C=O) groups is 1. The van der Waals surface area contributed by atoms with E-state index >= 15 is 0 Å². The predicted molar refractivity (Wildman–Crippen MR) is 41.1 cm³/mol. The average Bonchev–Trinajstić information content (AvgIpc) is 2.07. The molecule has 0 aliphatic rings. The summed E-state index contributed by atoms with van der Waals surface area (Å²) in [6.45, 7) is 1.72. The molecule has 0 aromatic carbocycles. The topological polar surface area (TPSA) is 54.9 Å². The van der Waals surface area contributed by atoms with E-state index in [0.717, 1.165) is 0 Å². The summed E-state index contributed by atoms with van der Waals surface area (Å²) in [6, 6.07) is 1.66. The van der Waals surface area contributed by atoms with Crippen LogP contribution in [-0.4, -0.2) is 23.3 Å². The lowest BCUT2D eigenvalue weighted by molar-refractivity contribution is 0.0970. The molecule has 0 aliphatic carbocycles. The summed E-state index contributed by atoms with van der Waals surface area (Å²) >= 11 is 0. The Kier molecular flexibility index (Phi) is 2.60. The van der Waals surface area contributed by atoms with Gasteiger partial charge in [-0.05, 0) is 6.07 Å². The van der Waals surface area contributed by atoms with Gasteiger partial charge in [-0.1, -0.05) is 6.82 Å². The largest absolute Gasteiger partial charge is 0.397 e. The number of aromatic nitrogens is 2. The normalized spacial score (nSPS) is 8.82. The molecule has 1 radical (unpaired) electrons. The van der Waals surface area contributed by atoms with Gasteiger partial charge in [0, 0.05) is 12.4 Å². The molecule has 0 unspecified atom stereocenters. The van der Waals surface area contributed by atoms with Crippen molar-refractivity contribution in [2.45, 2.75) is 6.82 Å². The summed E-state index contributed by atoms with van der Waals surface area (Å²) < 4.78 is 0. The Bertz CT molecular complexity index is 239. The first-order valence-corrected chi connectivity index (χ1v) is 3.20. The molecule has 1 aromatic rings. The van der Waals surface area contributed by atoms with Gasteiger partial charge in [-0.15, -0.1) is 0 Å². The second kappa shape index (κ2) is 3.70. The third kappa shape index (κ3) is 2.03. The van der Waals surface area contributed by atoms with Gasteiger partial charge in [-0.2, -0.15) is 0 Å². The SMILES string of the molecule is C[B]NC(=O)c1ncccn1. The highest BCUT2D eigenvalue weighted by atomic mass is 16.1. The molecule has 0 atom stereocenters. The number of amides is 1. The summed E-state index contributed by atoms with van der Waals surface area (Å²) in [7, 11) is 1.54. The van der Waals surface area contributed by atoms with Gasteiger partial charge in [0.1, 0.15) is 0 Å². The van der Waals surface area contributed by atoms with E-state index in [0.29, 0.717) is 0 Å². The maximum absolute atomic E-state index is 11.0. The van der Waals surface area contributed by atoms with E-state index in [2.05, 4.69) is 15.2 Å². The van der Waals surface area contributed by atoms with E-state index in [1.165, 1.54) is 12.4 Å². The molecule has 4 nitrogen and oxygen atoms in total. The van der Waals surface area contributed by atoms with E-state index in [4.69, 9.17) is 0 Å². The molecule has 1 amide bonds. The van der Waals surface area contributed by atoms with Crippen molar-refractivity contribution in [1.82, 2.24) is 15.2 Å². The maximum atomic E-state index is 11.0. The molecule has 1 N–H and O–H groups in total. The van der Waals surface area contributed by atoms with Crippen LogP contribution in [-0.2, 0) is 0 Å². The predicted octanol–water partition coefficient (Wildman–Crippen LogP) is -0.126. The van der Waals surface area contributed by atoms with Crippen molar-refractivity contribution in [3.05, 3.63) is 24.3 Å². The molecule has 1 rings (SSSR count). The Balaban J connectivity index is 2.69. The molecule has 1 heterocycles. The van der Waals surface area contributed by atoms with Crippen molar-refractivity contribution in [3.63, 3.8) is 0 Å². The van der Waals surface area contributed by atoms with Crippen molar-refractivity contribution >= 4 is 13.3 Å². The zero-order chi connectivity index (χ0) is 8.10. The second-order valence-corrected chi connectivity index (χ2v) is 1.83. The molecule has 11 heavy (non-hydrogen) atoms. The highest BCUT2D eigenvalue weighted by molar-refractivity contribution is 6.36. The van der Waals surface area contributed by atoms with Crippen LogP contribution < -0.4 is 5.23 Å². The maximum Gasteiger partial charge on any atom is 0.276 e. The zero-order valence-corrected chi connectivity index (χ0v) is 6.11. The van der Waals surface area contributed by atoms with Gasteiger partial charge < -0.3 is 5.23 Å². The van der Waals surface area contributed by atoms with Gasteiger partial charge in [-0.3, -0.25) is 4.79 Å². The smallest absolute Gasteiger partial charge is 0.276 e. The fraction of sp³-hybridized carbons (Fsp3) is 0.167. The average molecular weight is 148 g/mol. The molecule has 0 aliphatic heterocycles. The molecule has 0 saturated heterocycles. The molecule has 55 valence electrons. The molecule has 0 saturated carbocycles. The number of nitrogens with zero attached hydrogens (tertiary/aromatic N) is 2.